The third-order valence-corrected chi connectivity index (χ3v) is 5.79. The maximum atomic E-state index is 12.6. The number of carbonyl (C=O) groups excluding carboxylic acids is 2. The first kappa shape index (κ1) is 19.4. The Morgan fingerprint density at radius 1 is 0.852 bits per heavy atom. The first-order valence-corrected chi connectivity index (χ1v) is 9.95. The maximum absolute atomic E-state index is 12.6. The third kappa shape index (κ3) is 5.08. The Kier molecular flexibility index (Phi) is 6.48. The molecule has 0 radical (unpaired) electrons. The van der Waals surface area contributed by atoms with E-state index in [0.717, 1.165) is 6.42 Å². The van der Waals surface area contributed by atoms with E-state index in [1.165, 1.54) is 44.2 Å². The fourth-order valence-electron chi connectivity index (χ4n) is 4.06. The summed E-state index contributed by atoms with van der Waals surface area (Å²) in [6.45, 7) is 2.19. The van der Waals surface area contributed by atoms with Crippen LogP contribution < -0.4 is 0 Å². The molecular weight excluding hydrogens is 344 g/mol. The lowest BCUT2D eigenvalue weighted by Crippen LogP contribution is -2.50. The molecule has 146 valence electrons. The van der Waals surface area contributed by atoms with E-state index < -0.39 is 5.97 Å². The van der Waals surface area contributed by atoms with Gasteiger partial charge in [-0.1, -0.05) is 32.1 Å². The number of hydrogen-bond donors (Lipinski definition) is 1. The summed E-state index contributed by atoms with van der Waals surface area (Å²) in [5.41, 5.74) is 0.650. The zero-order chi connectivity index (χ0) is 19.2. The highest BCUT2D eigenvalue weighted by atomic mass is 16.4. The van der Waals surface area contributed by atoms with Crippen molar-refractivity contribution in [3.63, 3.8) is 0 Å². The number of aromatic carboxylic acids is 1. The molecule has 0 spiro atoms. The molecule has 1 aromatic rings. The Labute approximate surface area is 160 Å². The maximum Gasteiger partial charge on any atom is 0.335 e. The number of hydrogen-bond acceptors (Lipinski definition) is 3. The van der Waals surface area contributed by atoms with E-state index in [1.807, 2.05) is 4.90 Å². The van der Waals surface area contributed by atoms with Gasteiger partial charge in [-0.25, -0.2) is 4.79 Å². The number of piperazine rings is 1. The van der Waals surface area contributed by atoms with Crippen molar-refractivity contribution in [2.45, 2.75) is 44.9 Å². The molecule has 1 N–H and O–H groups in total. The fraction of sp³-hybridized carbons (Fsp3) is 0.571. The summed E-state index contributed by atoms with van der Waals surface area (Å²) in [6, 6.07) is 5.99. The standard InChI is InChI=1S/C21H28N2O4/c24-19(11-6-16-4-2-1-3-5-16)22-12-14-23(15-13-22)20(25)17-7-9-18(10-8-17)21(26)27/h7-10,16H,1-6,11-15H2,(H,26,27). The Morgan fingerprint density at radius 3 is 2.00 bits per heavy atom. The molecule has 2 fully saturated rings. The van der Waals surface area contributed by atoms with Gasteiger partial charge in [0.2, 0.25) is 5.91 Å². The normalized spacial score (nSPS) is 18.4. The molecular formula is C21H28N2O4. The summed E-state index contributed by atoms with van der Waals surface area (Å²) in [6.07, 6.45) is 8.06. The van der Waals surface area contributed by atoms with Gasteiger partial charge in [0.05, 0.1) is 5.56 Å². The van der Waals surface area contributed by atoms with Gasteiger partial charge in [0.25, 0.3) is 5.91 Å². The molecule has 0 atom stereocenters. The second kappa shape index (κ2) is 9.02. The molecule has 1 heterocycles. The van der Waals surface area contributed by atoms with Crippen LogP contribution in [-0.2, 0) is 4.79 Å². The summed E-state index contributed by atoms with van der Waals surface area (Å²) in [5.74, 6) is -0.201. The number of carbonyl (C=O) groups is 3. The largest absolute Gasteiger partial charge is 0.478 e. The molecule has 1 aliphatic carbocycles. The lowest BCUT2D eigenvalue weighted by Gasteiger charge is -2.35. The van der Waals surface area contributed by atoms with Crippen LogP contribution in [0.15, 0.2) is 24.3 Å². The quantitative estimate of drug-likeness (QED) is 0.862. The molecule has 2 aliphatic rings. The summed E-state index contributed by atoms with van der Waals surface area (Å²) in [4.78, 5) is 39.5. The Hall–Kier alpha value is -2.37. The SMILES string of the molecule is O=C(O)c1ccc(C(=O)N2CCN(C(=O)CCC3CCCCC3)CC2)cc1. The minimum atomic E-state index is -1.01. The van der Waals surface area contributed by atoms with Crippen molar-refractivity contribution in [1.82, 2.24) is 9.80 Å². The average Bonchev–Trinajstić information content (AvgIpc) is 2.72. The van der Waals surface area contributed by atoms with E-state index >= 15 is 0 Å². The molecule has 6 heteroatoms. The summed E-state index contributed by atoms with van der Waals surface area (Å²) in [7, 11) is 0. The van der Waals surface area contributed by atoms with Crippen LogP contribution in [0.2, 0.25) is 0 Å². The van der Waals surface area contributed by atoms with Crippen LogP contribution in [0.1, 0.15) is 65.7 Å². The zero-order valence-corrected chi connectivity index (χ0v) is 15.7. The number of rotatable bonds is 5. The fourth-order valence-corrected chi connectivity index (χ4v) is 4.06. The van der Waals surface area contributed by atoms with Crippen molar-refractivity contribution < 1.29 is 19.5 Å². The average molecular weight is 372 g/mol. The van der Waals surface area contributed by atoms with Crippen molar-refractivity contribution in [3.05, 3.63) is 35.4 Å². The van der Waals surface area contributed by atoms with Gasteiger partial charge in [0, 0.05) is 38.2 Å². The molecule has 6 nitrogen and oxygen atoms in total. The molecule has 0 aromatic heterocycles. The van der Waals surface area contributed by atoms with E-state index in [-0.39, 0.29) is 17.4 Å². The number of benzene rings is 1. The van der Waals surface area contributed by atoms with Gasteiger partial charge in [-0.15, -0.1) is 0 Å². The van der Waals surface area contributed by atoms with Gasteiger partial charge < -0.3 is 14.9 Å². The first-order chi connectivity index (χ1) is 13.0. The zero-order valence-electron chi connectivity index (χ0n) is 15.7. The van der Waals surface area contributed by atoms with Crippen molar-refractivity contribution in [2.24, 2.45) is 5.92 Å². The van der Waals surface area contributed by atoms with Gasteiger partial charge >= 0.3 is 5.97 Å². The lowest BCUT2D eigenvalue weighted by atomic mass is 9.86. The molecule has 0 unspecified atom stereocenters. The summed E-state index contributed by atoms with van der Waals surface area (Å²) >= 11 is 0. The second-order valence-electron chi connectivity index (χ2n) is 7.60. The van der Waals surface area contributed by atoms with Crippen LogP contribution in [0.5, 0.6) is 0 Å². The van der Waals surface area contributed by atoms with E-state index in [2.05, 4.69) is 0 Å². The van der Waals surface area contributed by atoms with Gasteiger partial charge in [0.15, 0.2) is 0 Å². The molecule has 3 rings (SSSR count). The van der Waals surface area contributed by atoms with Crippen LogP contribution in [0.3, 0.4) is 0 Å². The van der Waals surface area contributed by atoms with Crippen molar-refractivity contribution in [1.29, 1.82) is 0 Å². The molecule has 0 bridgehead atoms. The minimum absolute atomic E-state index is 0.110. The highest BCUT2D eigenvalue weighted by molar-refractivity contribution is 5.96. The molecule has 2 amide bonds. The lowest BCUT2D eigenvalue weighted by molar-refractivity contribution is -0.133. The predicted octanol–water partition coefficient (Wildman–Crippen LogP) is 3.03. The number of carboxylic acids is 1. The van der Waals surface area contributed by atoms with Crippen molar-refractivity contribution in [3.8, 4) is 0 Å². The minimum Gasteiger partial charge on any atom is -0.478 e. The highest BCUT2D eigenvalue weighted by Gasteiger charge is 2.25. The van der Waals surface area contributed by atoms with E-state index in [1.54, 1.807) is 17.0 Å². The first-order valence-electron chi connectivity index (χ1n) is 9.95. The van der Waals surface area contributed by atoms with Crippen LogP contribution in [0, 0.1) is 5.92 Å². The van der Waals surface area contributed by atoms with Crippen LogP contribution in [0.25, 0.3) is 0 Å². The topological polar surface area (TPSA) is 77.9 Å². The van der Waals surface area contributed by atoms with Gasteiger partial charge in [-0.2, -0.15) is 0 Å². The molecule has 1 saturated heterocycles. The van der Waals surface area contributed by atoms with Crippen LogP contribution in [0.4, 0.5) is 0 Å². The van der Waals surface area contributed by atoms with E-state index in [4.69, 9.17) is 5.11 Å². The molecule has 1 aliphatic heterocycles. The number of amides is 2. The number of carboxylic acid groups (broad SMARTS) is 1. The van der Waals surface area contributed by atoms with Crippen molar-refractivity contribution in [2.75, 3.05) is 26.2 Å². The van der Waals surface area contributed by atoms with E-state index in [9.17, 15) is 14.4 Å². The second-order valence-corrected chi connectivity index (χ2v) is 7.60. The van der Waals surface area contributed by atoms with Crippen molar-refractivity contribution >= 4 is 17.8 Å². The Morgan fingerprint density at radius 2 is 1.41 bits per heavy atom. The van der Waals surface area contributed by atoms with Crippen LogP contribution >= 0.6 is 0 Å². The molecule has 27 heavy (non-hydrogen) atoms. The predicted molar refractivity (Wildman–Crippen MR) is 102 cm³/mol. The monoisotopic (exact) mass is 372 g/mol. The van der Waals surface area contributed by atoms with Gasteiger partial charge in [0.1, 0.15) is 0 Å². The summed E-state index contributed by atoms with van der Waals surface area (Å²) < 4.78 is 0. The van der Waals surface area contributed by atoms with Gasteiger partial charge in [-0.3, -0.25) is 9.59 Å². The smallest absolute Gasteiger partial charge is 0.335 e. The highest BCUT2D eigenvalue weighted by Crippen LogP contribution is 2.27. The van der Waals surface area contributed by atoms with Gasteiger partial charge in [-0.05, 0) is 36.6 Å². The Bertz CT molecular complexity index is 672. The summed E-state index contributed by atoms with van der Waals surface area (Å²) in [5, 5.41) is 8.94. The number of nitrogens with zero attached hydrogens (tertiary/aromatic N) is 2. The van der Waals surface area contributed by atoms with E-state index in [0.29, 0.717) is 44.1 Å². The third-order valence-electron chi connectivity index (χ3n) is 5.79. The Balaban J connectivity index is 1.45. The van der Waals surface area contributed by atoms with Crippen LogP contribution in [-0.4, -0.2) is 58.9 Å². The molecule has 1 saturated carbocycles. The molecule has 1 aromatic carbocycles.